The van der Waals surface area contributed by atoms with Crippen molar-refractivity contribution in [2.75, 3.05) is 18.5 Å². The van der Waals surface area contributed by atoms with Gasteiger partial charge in [0.1, 0.15) is 6.04 Å². The second-order valence-electron chi connectivity index (χ2n) is 4.52. The molecule has 120 valence electrons. The molecule has 1 aromatic rings. The molecule has 0 aliphatic carbocycles. The molecule has 1 atom stereocenters. The summed E-state index contributed by atoms with van der Waals surface area (Å²) in [5.41, 5.74) is 0.780. The van der Waals surface area contributed by atoms with Crippen molar-refractivity contribution in [3.05, 3.63) is 29.8 Å². The molecular formula is C15H21N3O4. The summed E-state index contributed by atoms with van der Waals surface area (Å²) in [6.07, 6.45) is -0.587. The highest BCUT2D eigenvalue weighted by Crippen LogP contribution is 2.11. The van der Waals surface area contributed by atoms with Gasteiger partial charge in [-0.1, -0.05) is 6.07 Å². The van der Waals surface area contributed by atoms with Crippen molar-refractivity contribution in [1.82, 2.24) is 10.6 Å². The van der Waals surface area contributed by atoms with Crippen LogP contribution in [0.2, 0.25) is 0 Å². The van der Waals surface area contributed by atoms with Crippen LogP contribution in [-0.4, -0.2) is 37.1 Å². The van der Waals surface area contributed by atoms with Gasteiger partial charge in [-0.05, 0) is 39.0 Å². The molecule has 1 aromatic carbocycles. The zero-order valence-electron chi connectivity index (χ0n) is 12.9. The number of hydrogen-bond donors (Lipinski definition) is 3. The molecule has 0 spiro atoms. The number of anilines is 1. The second-order valence-corrected chi connectivity index (χ2v) is 4.52. The Balaban J connectivity index is 2.70. The number of benzene rings is 1. The predicted molar refractivity (Wildman–Crippen MR) is 82.7 cm³/mol. The number of rotatable bonds is 6. The molecule has 0 heterocycles. The van der Waals surface area contributed by atoms with E-state index in [0.717, 1.165) is 0 Å². The van der Waals surface area contributed by atoms with Crippen molar-refractivity contribution in [2.45, 2.75) is 26.8 Å². The summed E-state index contributed by atoms with van der Waals surface area (Å²) in [4.78, 5) is 35.0. The lowest BCUT2D eigenvalue weighted by atomic mass is 10.1. The predicted octanol–water partition coefficient (Wildman–Crippen LogP) is 1.51. The molecular weight excluding hydrogens is 286 g/mol. The number of carbonyl (C=O) groups is 3. The lowest BCUT2D eigenvalue weighted by Gasteiger charge is -2.14. The second kappa shape index (κ2) is 8.66. The molecule has 0 radical (unpaired) electrons. The highest BCUT2D eigenvalue weighted by Gasteiger charge is 2.16. The topological polar surface area (TPSA) is 96.5 Å². The molecule has 0 saturated heterocycles. The van der Waals surface area contributed by atoms with E-state index in [-0.39, 0.29) is 12.5 Å². The first-order chi connectivity index (χ1) is 10.5. The molecule has 0 saturated carbocycles. The number of ether oxygens (including phenoxy) is 1. The van der Waals surface area contributed by atoms with Crippen LogP contribution in [0.3, 0.4) is 0 Å². The third-order valence-corrected chi connectivity index (χ3v) is 2.74. The fraction of sp³-hybridized carbons (Fsp3) is 0.400. The van der Waals surface area contributed by atoms with Crippen LogP contribution in [0.4, 0.5) is 10.5 Å². The van der Waals surface area contributed by atoms with E-state index in [4.69, 9.17) is 4.74 Å². The highest BCUT2D eigenvalue weighted by molar-refractivity contribution is 5.98. The first-order valence-corrected chi connectivity index (χ1v) is 7.10. The monoisotopic (exact) mass is 307 g/mol. The quantitative estimate of drug-likeness (QED) is 0.742. The maximum Gasteiger partial charge on any atom is 0.411 e. The van der Waals surface area contributed by atoms with Gasteiger partial charge in [0.25, 0.3) is 5.91 Å². The summed E-state index contributed by atoms with van der Waals surface area (Å²) in [6.45, 7) is 5.86. The Morgan fingerprint density at radius 2 is 1.95 bits per heavy atom. The molecule has 7 heteroatoms. The fourth-order valence-electron chi connectivity index (χ4n) is 1.70. The maximum atomic E-state index is 12.1. The summed E-state index contributed by atoms with van der Waals surface area (Å²) in [6, 6.07) is 5.73. The molecule has 22 heavy (non-hydrogen) atoms. The van der Waals surface area contributed by atoms with Crippen LogP contribution >= 0.6 is 0 Å². The van der Waals surface area contributed by atoms with Crippen molar-refractivity contribution >= 4 is 23.6 Å². The lowest BCUT2D eigenvalue weighted by Crippen LogP contribution is -2.44. The van der Waals surface area contributed by atoms with E-state index in [2.05, 4.69) is 16.0 Å². The number of amides is 3. The first-order valence-electron chi connectivity index (χ1n) is 7.10. The lowest BCUT2D eigenvalue weighted by molar-refractivity contribution is -0.122. The molecule has 0 unspecified atom stereocenters. The van der Waals surface area contributed by atoms with Gasteiger partial charge in [0.05, 0.1) is 6.61 Å². The Bertz CT molecular complexity index is 545. The molecule has 0 aromatic heterocycles. The van der Waals surface area contributed by atoms with Crippen LogP contribution in [0.25, 0.3) is 0 Å². The van der Waals surface area contributed by atoms with E-state index < -0.39 is 18.0 Å². The molecule has 1 rings (SSSR count). The standard InChI is InChI=1S/C15H21N3O4/c1-4-16-13(19)10(3)17-14(20)11-7-6-8-12(9-11)18-15(21)22-5-2/h6-10H,4-5H2,1-3H3,(H,16,19)(H,17,20)(H,18,21)/t10-/m1/s1. The highest BCUT2D eigenvalue weighted by atomic mass is 16.5. The van der Waals surface area contributed by atoms with Crippen molar-refractivity contribution < 1.29 is 19.1 Å². The molecule has 0 bridgehead atoms. The van der Waals surface area contributed by atoms with Crippen molar-refractivity contribution in [2.24, 2.45) is 0 Å². The minimum absolute atomic E-state index is 0.253. The van der Waals surface area contributed by atoms with E-state index in [1.54, 1.807) is 39.0 Å². The number of carbonyl (C=O) groups excluding carboxylic acids is 3. The summed E-state index contributed by atoms with van der Waals surface area (Å²) in [5.74, 6) is -0.650. The molecule has 3 amide bonds. The van der Waals surface area contributed by atoms with Crippen molar-refractivity contribution in [1.29, 1.82) is 0 Å². The van der Waals surface area contributed by atoms with E-state index in [1.165, 1.54) is 6.07 Å². The van der Waals surface area contributed by atoms with Crippen molar-refractivity contribution in [3.8, 4) is 0 Å². The Kier molecular flexibility index (Phi) is 6.88. The van der Waals surface area contributed by atoms with E-state index in [1.807, 2.05) is 0 Å². The SMILES string of the molecule is CCNC(=O)[C@@H](C)NC(=O)c1cccc(NC(=O)OCC)c1. The van der Waals surface area contributed by atoms with E-state index in [9.17, 15) is 14.4 Å². The van der Waals surface area contributed by atoms with Crippen LogP contribution in [-0.2, 0) is 9.53 Å². The van der Waals surface area contributed by atoms with Crippen LogP contribution in [0, 0.1) is 0 Å². The van der Waals surface area contributed by atoms with Crippen LogP contribution in [0.5, 0.6) is 0 Å². The minimum Gasteiger partial charge on any atom is -0.450 e. The zero-order valence-corrected chi connectivity index (χ0v) is 12.9. The summed E-state index contributed by atoms with van der Waals surface area (Å²) in [5, 5.41) is 7.73. The largest absolute Gasteiger partial charge is 0.450 e. The fourth-order valence-corrected chi connectivity index (χ4v) is 1.70. The van der Waals surface area contributed by atoms with Crippen molar-refractivity contribution in [3.63, 3.8) is 0 Å². The summed E-state index contributed by atoms with van der Waals surface area (Å²) in [7, 11) is 0. The average molecular weight is 307 g/mol. The van der Waals surface area contributed by atoms with Crippen LogP contribution in [0.15, 0.2) is 24.3 Å². The smallest absolute Gasteiger partial charge is 0.411 e. The molecule has 3 N–H and O–H groups in total. The van der Waals surface area contributed by atoms with Crippen LogP contribution < -0.4 is 16.0 Å². The Morgan fingerprint density at radius 3 is 2.59 bits per heavy atom. The minimum atomic E-state index is -0.644. The van der Waals surface area contributed by atoms with E-state index >= 15 is 0 Å². The normalized spacial score (nSPS) is 11.2. The Hall–Kier alpha value is -2.57. The van der Waals surface area contributed by atoms with Gasteiger partial charge in [-0.15, -0.1) is 0 Å². The van der Waals surface area contributed by atoms with Gasteiger partial charge < -0.3 is 15.4 Å². The molecule has 0 aliphatic heterocycles. The third-order valence-electron chi connectivity index (χ3n) is 2.74. The molecule has 0 fully saturated rings. The van der Waals surface area contributed by atoms with Gasteiger partial charge in [-0.2, -0.15) is 0 Å². The Labute approximate surface area is 129 Å². The van der Waals surface area contributed by atoms with Gasteiger partial charge in [-0.25, -0.2) is 4.79 Å². The van der Waals surface area contributed by atoms with Gasteiger partial charge >= 0.3 is 6.09 Å². The zero-order chi connectivity index (χ0) is 16.5. The summed E-state index contributed by atoms with van der Waals surface area (Å²) >= 11 is 0. The number of hydrogen-bond acceptors (Lipinski definition) is 4. The Morgan fingerprint density at radius 1 is 1.23 bits per heavy atom. The molecule has 7 nitrogen and oxygen atoms in total. The van der Waals surface area contributed by atoms with Crippen LogP contribution in [0.1, 0.15) is 31.1 Å². The average Bonchev–Trinajstić information content (AvgIpc) is 2.47. The van der Waals surface area contributed by atoms with Gasteiger partial charge in [-0.3, -0.25) is 14.9 Å². The number of nitrogens with one attached hydrogen (secondary N) is 3. The summed E-state index contributed by atoms with van der Waals surface area (Å²) < 4.78 is 4.77. The van der Waals surface area contributed by atoms with E-state index in [0.29, 0.717) is 17.8 Å². The number of likely N-dealkylation sites (N-methyl/N-ethyl adjacent to an activating group) is 1. The first kappa shape index (κ1) is 17.5. The maximum absolute atomic E-state index is 12.1. The molecule has 0 aliphatic rings. The third kappa shape index (κ3) is 5.43. The van der Waals surface area contributed by atoms with Gasteiger partial charge in [0.2, 0.25) is 5.91 Å². The van der Waals surface area contributed by atoms with Gasteiger partial charge in [0.15, 0.2) is 0 Å². The van der Waals surface area contributed by atoms with Gasteiger partial charge in [0, 0.05) is 17.8 Å².